The Balaban J connectivity index is 0.000000167. The molecule has 1 aromatic carbocycles. The molecule has 3 fully saturated rings. The zero-order valence-corrected chi connectivity index (χ0v) is 17.1. The van der Waals surface area contributed by atoms with E-state index in [-0.39, 0.29) is 12.8 Å². The Morgan fingerprint density at radius 1 is 0.964 bits per heavy atom. The first kappa shape index (κ1) is 20.9. The third kappa shape index (κ3) is 3.21. The molecule has 0 amide bonds. The van der Waals surface area contributed by atoms with Crippen LogP contribution in [0.4, 0.5) is 11.4 Å². The van der Waals surface area contributed by atoms with E-state index in [1.165, 1.54) is 45.2 Å². The molecule has 4 aliphatic carbocycles. The molecule has 2 nitrogen and oxygen atoms in total. The Labute approximate surface area is 182 Å². The van der Waals surface area contributed by atoms with Gasteiger partial charge in [0.2, 0.25) is 0 Å². The maximum absolute atomic E-state index is 6.04. The van der Waals surface area contributed by atoms with Crippen LogP contribution in [-0.2, 0) is 0 Å². The average Bonchev–Trinajstić information content (AvgIpc) is 3.08. The predicted molar refractivity (Wildman–Crippen MR) is 133 cm³/mol. The first-order valence-corrected chi connectivity index (χ1v) is 10.7. The summed E-state index contributed by atoms with van der Waals surface area (Å²) in [5.41, 5.74) is 17.5. The van der Waals surface area contributed by atoms with Crippen molar-refractivity contribution in [2.24, 2.45) is 17.3 Å². The van der Waals surface area contributed by atoms with Crippen molar-refractivity contribution in [1.82, 2.24) is 0 Å². The fourth-order valence-electron chi connectivity index (χ4n) is 6.58. The third-order valence-electron chi connectivity index (χ3n) is 8.02. The van der Waals surface area contributed by atoms with Crippen molar-refractivity contribution in [3.05, 3.63) is 23.3 Å². The molecule has 0 saturated heterocycles. The van der Waals surface area contributed by atoms with Crippen molar-refractivity contribution in [3.63, 3.8) is 0 Å². The van der Waals surface area contributed by atoms with E-state index < -0.39 is 6.39 Å². The van der Waals surface area contributed by atoms with Crippen molar-refractivity contribution in [1.29, 1.82) is 0 Å². The number of hydrogen-bond acceptors (Lipinski definition) is 3. The molecule has 0 heterocycles. The van der Waals surface area contributed by atoms with Crippen LogP contribution in [0.2, 0.25) is 0 Å². The van der Waals surface area contributed by atoms with Gasteiger partial charge in [0, 0.05) is 0 Å². The van der Waals surface area contributed by atoms with Crippen molar-refractivity contribution in [2.45, 2.75) is 43.9 Å². The fraction of sp³-hybridized carbons (Fsp3) is 0.625. The first-order chi connectivity index (χ1) is 13.3. The van der Waals surface area contributed by atoms with Gasteiger partial charge in [-0.3, -0.25) is 0 Å². The SMILES string of the molecule is Nc1cc2c(cc1N)C1CC3CC4CC2CC43C1.[B][B]B([B])B(B=S)B([B])[B]. The van der Waals surface area contributed by atoms with Gasteiger partial charge in [-0.1, -0.05) is 0 Å². The van der Waals surface area contributed by atoms with E-state index in [1.807, 2.05) is 0 Å². The van der Waals surface area contributed by atoms with Gasteiger partial charge in [0.1, 0.15) is 0 Å². The summed E-state index contributed by atoms with van der Waals surface area (Å²) in [7, 11) is 22.7. The molecule has 1 spiro atoms. The number of anilines is 2. The van der Waals surface area contributed by atoms with Crippen molar-refractivity contribution in [3.8, 4) is 0 Å². The molecule has 3 saturated carbocycles. The van der Waals surface area contributed by atoms with Gasteiger partial charge < -0.3 is 11.5 Å². The third-order valence-corrected chi connectivity index (χ3v) is 8.34. The van der Waals surface area contributed by atoms with Gasteiger partial charge in [-0.2, -0.15) is 0 Å². The van der Waals surface area contributed by atoms with Crippen LogP contribution in [0.25, 0.3) is 0 Å². The van der Waals surface area contributed by atoms with Crippen LogP contribution in [0.1, 0.15) is 55.1 Å². The van der Waals surface area contributed by atoms with E-state index in [0.717, 1.165) is 40.5 Å². The van der Waals surface area contributed by atoms with Crippen LogP contribution in [0.15, 0.2) is 12.1 Å². The summed E-state index contributed by atoms with van der Waals surface area (Å²) in [6.45, 7) is 0. The molecule has 0 aliphatic heterocycles. The second-order valence-electron chi connectivity index (χ2n) is 9.31. The molecule has 4 aliphatic rings. The summed E-state index contributed by atoms with van der Waals surface area (Å²) in [4.78, 5) is 0. The van der Waals surface area contributed by atoms with Crippen LogP contribution < -0.4 is 11.5 Å². The summed E-state index contributed by atoms with van der Waals surface area (Å²) in [5.74, 6) is 3.63. The average molecular weight is 370 g/mol. The predicted octanol–water partition coefficient (Wildman–Crippen LogP) is 0.463. The molecule has 127 valence electrons. The molecule has 0 aromatic heterocycles. The van der Waals surface area contributed by atoms with Crippen LogP contribution in [0.5, 0.6) is 0 Å². The van der Waals surface area contributed by atoms with Crippen LogP contribution in [0.3, 0.4) is 0 Å². The van der Waals surface area contributed by atoms with Gasteiger partial charge in [0.15, 0.2) is 0 Å². The molecule has 9 radical (unpaired) electrons. The fourth-order valence-corrected chi connectivity index (χ4v) is 6.95. The zero-order chi connectivity index (χ0) is 20.2. The topological polar surface area (TPSA) is 52.0 Å². The van der Waals surface area contributed by atoms with Gasteiger partial charge in [-0.15, -0.1) is 0 Å². The Bertz CT molecular complexity index is 730. The quantitative estimate of drug-likeness (QED) is 0.599. The maximum atomic E-state index is 6.04. The zero-order valence-electron chi connectivity index (χ0n) is 16.3. The molecular weight excluding hydrogens is 350 g/mol. The first-order valence-electron chi connectivity index (χ1n) is 10.3. The number of benzene rings is 1. The van der Waals surface area contributed by atoms with Crippen LogP contribution in [-0.4, -0.2) is 63.2 Å². The summed E-state index contributed by atoms with van der Waals surface area (Å²) >= 11 is 4.65. The van der Waals surface area contributed by atoms with E-state index in [9.17, 15) is 0 Å². The van der Waals surface area contributed by atoms with Crippen molar-refractivity contribution < 1.29 is 0 Å². The second-order valence-corrected chi connectivity index (χ2v) is 9.58. The van der Waals surface area contributed by atoms with Gasteiger partial charge in [-0.05, 0) is 84.5 Å². The number of rotatable bonds is 4. The van der Waals surface area contributed by atoms with Gasteiger partial charge >= 0.3 is 75.3 Å². The van der Waals surface area contributed by atoms with E-state index in [4.69, 9.17) is 42.4 Å². The van der Waals surface area contributed by atoms with E-state index in [2.05, 4.69) is 24.2 Å². The Morgan fingerprint density at radius 3 is 1.82 bits per heavy atom. The second kappa shape index (κ2) is 7.71. The number of nitrogen functional groups attached to an aromatic ring is 2. The standard InChI is InChI=1S/C16H20N2.B9S/c17-14-4-12-8-1-10-3-11-2-9(7-16(10,11)6-8)13(12)5-15(14)18;1-5-8(4)9(6-10)7(2)3/h4-5,8-11H,1-3,6-7,17-18H2;. The molecule has 4 unspecified atom stereocenters. The van der Waals surface area contributed by atoms with E-state index in [0.29, 0.717) is 0 Å². The molecule has 1 aromatic rings. The minimum absolute atomic E-state index is 0.222. The molecule has 4 N–H and O–H groups in total. The molecule has 4 atom stereocenters. The minimum atomic E-state index is -0.535. The molecule has 28 heavy (non-hydrogen) atoms. The Morgan fingerprint density at radius 2 is 1.46 bits per heavy atom. The summed E-state index contributed by atoms with van der Waals surface area (Å²) in [6.07, 6.45) is 6.11. The summed E-state index contributed by atoms with van der Waals surface area (Å²) in [6, 6.07) is 5.84. The normalized spacial score (nSPS) is 32.6. The Kier molecular flexibility index (Phi) is 5.75. The molecule has 12 heteroatoms. The Hall–Kier alpha value is -0.376. The van der Waals surface area contributed by atoms with Gasteiger partial charge in [0.05, 0.1) is 11.4 Å². The van der Waals surface area contributed by atoms with Crippen LogP contribution in [0, 0.1) is 17.3 Å². The van der Waals surface area contributed by atoms with Crippen LogP contribution >= 0.6 is 12.1 Å². The van der Waals surface area contributed by atoms with Crippen molar-refractivity contribution >= 4 is 86.6 Å². The van der Waals surface area contributed by atoms with Gasteiger partial charge in [-0.25, -0.2) is 0 Å². The monoisotopic (exact) mass is 371 g/mol. The summed E-state index contributed by atoms with van der Waals surface area (Å²) < 4.78 is 0. The number of hydrogen-bond donors (Lipinski definition) is 2. The van der Waals surface area contributed by atoms with E-state index in [1.54, 1.807) is 11.1 Å². The van der Waals surface area contributed by atoms with E-state index >= 15 is 0 Å². The number of fused-ring (bicyclic) bond motifs is 5. The number of nitrogens with two attached hydrogens (primary N) is 2. The molecule has 3 bridgehead atoms. The summed E-state index contributed by atoms with van der Waals surface area (Å²) in [5, 5.41) is 0. The molecular formula is C16H20B9N2S. The van der Waals surface area contributed by atoms with Gasteiger partial charge in [0.25, 0.3) is 0 Å². The molecule has 5 rings (SSSR count). The van der Waals surface area contributed by atoms with Crippen molar-refractivity contribution in [2.75, 3.05) is 11.5 Å².